The Labute approximate surface area is 140 Å². The molecule has 1 saturated heterocycles. The number of rotatable bonds is 4. The fraction of sp³-hybridized carbons (Fsp3) is 0.471. The van der Waals surface area contributed by atoms with Crippen LogP contribution in [0, 0.1) is 6.92 Å². The van der Waals surface area contributed by atoms with Crippen molar-refractivity contribution in [2.24, 2.45) is 0 Å². The molecule has 0 aliphatic carbocycles. The summed E-state index contributed by atoms with van der Waals surface area (Å²) in [5, 5.41) is 3.28. The van der Waals surface area contributed by atoms with Gasteiger partial charge in [0.1, 0.15) is 11.4 Å². The summed E-state index contributed by atoms with van der Waals surface area (Å²) in [5.41, 5.74) is 1.62. The summed E-state index contributed by atoms with van der Waals surface area (Å²) in [6, 6.07) is 3.57. The number of aryl methyl sites for hydroxylation is 1. The van der Waals surface area contributed by atoms with Gasteiger partial charge in [0.05, 0.1) is 11.6 Å². The number of esters is 1. The summed E-state index contributed by atoms with van der Waals surface area (Å²) < 4.78 is 5.16. The molecule has 1 atom stereocenters. The van der Waals surface area contributed by atoms with Crippen molar-refractivity contribution in [1.82, 2.24) is 9.97 Å². The third-order valence-electron chi connectivity index (χ3n) is 3.99. The summed E-state index contributed by atoms with van der Waals surface area (Å²) in [6.45, 7) is 5.96. The lowest BCUT2D eigenvalue weighted by Crippen LogP contribution is -2.36. The molecule has 2 aromatic rings. The van der Waals surface area contributed by atoms with Gasteiger partial charge in [0.2, 0.25) is 0 Å². The predicted octanol–water partition coefficient (Wildman–Crippen LogP) is 3.41. The maximum Gasteiger partial charge on any atom is 0.341 e. The molecule has 5 nitrogen and oxygen atoms in total. The zero-order valence-electron chi connectivity index (χ0n) is 13.5. The summed E-state index contributed by atoms with van der Waals surface area (Å²) in [4.78, 5) is 23.4. The van der Waals surface area contributed by atoms with Gasteiger partial charge in [-0.25, -0.2) is 14.8 Å². The van der Waals surface area contributed by atoms with Gasteiger partial charge < -0.3 is 9.64 Å². The Kier molecular flexibility index (Phi) is 4.91. The number of nitrogens with zero attached hydrogens (tertiary/aromatic N) is 3. The summed E-state index contributed by atoms with van der Waals surface area (Å²) in [5.74, 6) is 0.825. The molecule has 1 fully saturated rings. The first-order valence-corrected chi connectivity index (χ1v) is 8.86. The van der Waals surface area contributed by atoms with Crippen molar-refractivity contribution >= 4 is 23.1 Å². The summed E-state index contributed by atoms with van der Waals surface area (Å²) >= 11 is 1.72. The second-order valence-corrected chi connectivity index (χ2v) is 6.60. The van der Waals surface area contributed by atoms with Gasteiger partial charge in [-0.15, -0.1) is 11.3 Å². The van der Waals surface area contributed by atoms with Crippen molar-refractivity contribution in [3.05, 3.63) is 40.0 Å². The molecule has 0 N–H and O–H groups in total. The highest BCUT2D eigenvalue weighted by atomic mass is 32.1. The lowest BCUT2D eigenvalue weighted by Gasteiger charge is -2.33. The van der Waals surface area contributed by atoms with E-state index < -0.39 is 0 Å². The van der Waals surface area contributed by atoms with E-state index in [0.717, 1.165) is 37.4 Å². The number of piperidine rings is 1. The van der Waals surface area contributed by atoms with Gasteiger partial charge in [-0.2, -0.15) is 0 Å². The lowest BCUT2D eigenvalue weighted by atomic mass is 9.98. The van der Waals surface area contributed by atoms with Crippen LogP contribution in [0.5, 0.6) is 0 Å². The number of aromatic nitrogens is 2. The van der Waals surface area contributed by atoms with Crippen molar-refractivity contribution in [1.29, 1.82) is 0 Å². The first-order chi connectivity index (χ1) is 11.2. The number of hydrogen-bond acceptors (Lipinski definition) is 6. The molecule has 122 valence electrons. The number of carbonyl (C=O) groups excluding carboxylic acids is 1. The van der Waals surface area contributed by atoms with Crippen LogP contribution in [-0.2, 0) is 4.74 Å². The average Bonchev–Trinajstić information content (AvgIpc) is 3.02. The lowest BCUT2D eigenvalue weighted by molar-refractivity contribution is 0.0526. The number of thiazole rings is 1. The molecule has 6 heteroatoms. The van der Waals surface area contributed by atoms with Gasteiger partial charge in [-0.05, 0) is 38.8 Å². The van der Waals surface area contributed by atoms with E-state index in [4.69, 9.17) is 4.74 Å². The van der Waals surface area contributed by atoms with E-state index >= 15 is 0 Å². The van der Waals surface area contributed by atoms with Crippen molar-refractivity contribution < 1.29 is 9.53 Å². The maximum atomic E-state index is 12.2. The second kappa shape index (κ2) is 7.08. The van der Waals surface area contributed by atoms with Crippen LogP contribution in [-0.4, -0.2) is 35.6 Å². The molecule has 1 aliphatic heterocycles. The zero-order chi connectivity index (χ0) is 16.2. The molecular weight excluding hydrogens is 310 g/mol. The maximum absolute atomic E-state index is 12.2. The van der Waals surface area contributed by atoms with E-state index in [2.05, 4.69) is 20.2 Å². The van der Waals surface area contributed by atoms with E-state index in [0.29, 0.717) is 18.1 Å². The van der Waals surface area contributed by atoms with Gasteiger partial charge in [-0.3, -0.25) is 0 Å². The molecule has 0 amide bonds. The largest absolute Gasteiger partial charge is 0.462 e. The smallest absolute Gasteiger partial charge is 0.341 e. The molecule has 0 bridgehead atoms. The van der Waals surface area contributed by atoms with Crippen molar-refractivity contribution in [3.8, 4) is 0 Å². The van der Waals surface area contributed by atoms with Crippen LogP contribution in [0.25, 0.3) is 0 Å². The number of pyridine rings is 1. The van der Waals surface area contributed by atoms with Crippen LogP contribution in [0.15, 0.2) is 23.7 Å². The quantitative estimate of drug-likeness (QED) is 0.804. The van der Waals surface area contributed by atoms with E-state index in [-0.39, 0.29) is 5.97 Å². The fourth-order valence-corrected chi connectivity index (χ4v) is 3.87. The molecule has 0 saturated carbocycles. The number of anilines is 1. The Balaban J connectivity index is 1.83. The molecule has 3 rings (SSSR count). The van der Waals surface area contributed by atoms with E-state index in [9.17, 15) is 4.79 Å². The highest BCUT2D eigenvalue weighted by molar-refractivity contribution is 7.09. The second-order valence-electron chi connectivity index (χ2n) is 5.71. The van der Waals surface area contributed by atoms with Crippen molar-refractivity contribution in [2.75, 3.05) is 24.6 Å². The van der Waals surface area contributed by atoms with E-state index in [1.165, 1.54) is 5.01 Å². The molecule has 1 unspecified atom stereocenters. The normalized spacial score (nSPS) is 18.0. The Hall–Kier alpha value is -1.95. The Bertz CT molecular complexity index is 686. The first kappa shape index (κ1) is 15.9. The van der Waals surface area contributed by atoms with E-state index in [1.54, 1.807) is 29.7 Å². The van der Waals surface area contributed by atoms with Gasteiger partial charge in [0.25, 0.3) is 0 Å². The highest BCUT2D eigenvalue weighted by Crippen LogP contribution is 2.32. The molecule has 1 aliphatic rings. The monoisotopic (exact) mass is 331 g/mol. The molecule has 23 heavy (non-hydrogen) atoms. The summed E-state index contributed by atoms with van der Waals surface area (Å²) in [7, 11) is 0. The highest BCUT2D eigenvalue weighted by Gasteiger charge is 2.27. The van der Waals surface area contributed by atoms with Crippen LogP contribution in [0.3, 0.4) is 0 Å². The van der Waals surface area contributed by atoms with Crippen LogP contribution in [0.2, 0.25) is 0 Å². The third-order valence-corrected chi connectivity index (χ3v) is 5.11. The predicted molar refractivity (Wildman–Crippen MR) is 91.2 cm³/mol. The van der Waals surface area contributed by atoms with Gasteiger partial charge in [0.15, 0.2) is 0 Å². The molecule has 0 aromatic carbocycles. The minimum absolute atomic E-state index is 0.303. The molecule has 0 radical (unpaired) electrons. The average molecular weight is 331 g/mol. The Morgan fingerprint density at radius 3 is 3.13 bits per heavy atom. The molecular formula is C17H21N3O2S. The van der Waals surface area contributed by atoms with Gasteiger partial charge >= 0.3 is 5.97 Å². The number of ether oxygens (including phenoxy) is 1. The zero-order valence-corrected chi connectivity index (χ0v) is 14.3. The standard InChI is InChI=1S/C17H21N3O2S/c1-3-22-17(21)14-7-4-8-18-15(14)20-9-5-6-13(10-20)16-19-12(2)11-23-16/h4,7-8,11,13H,3,5-6,9-10H2,1-2H3. The van der Waals surface area contributed by atoms with E-state index in [1.807, 2.05) is 13.8 Å². The van der Waals surface area contributed by atoms with Gasteiger partial charge in [0, 0.05) is 36.3 Å². The van der Waals surface area contributed by atoms with Crippen LogP contribution < -0.4 is 4.90 Å². The Morgan fingerprint density at radius 2 is 2.39 bits per heavy atom. The van der Waals surface area contributed by atoms with Crippen LogP contribution in [0.4, 0.5) is 5.82 Å². The van der Waals surface area contributed by atoms with Crippen LogP contribution >= 0.6 is 11.3 Å². The number of hydrogen-bond donors (Lipinski definition) is 0. The Morgan fingerprint density at radius 1 is 1.52 bits per heavy atom. The van der Waals surface area contributed by atoms with Gasteiger partial charge in [-0.1, -0.05) is 0 Å². The third kappa shape index (κ3) is 3.52. The van der Waals surface area contributed by atoms with Crippen molar-refractivity contribution in [3.63, 3.8) is 0 Å². The first-order valence-electron chi connectivity index (χ1n) is 7.98. The number of carbonyl (C=O) groups is 1. The minimum atomic E-state index is -0.303. The molecule has 2 aromatic heterocycles. The molecule has 0 spiro atoms. The topological polar surface area (TPSA) is 55.3 Å². The van der Waals surface area contributed by atoms with Crippen molar-refractivity contribution in [2.45, 2.75) is 32.6 Å². The summed E-state index contributed by atoms with van der Waals surface area (Å²) in [6.07, 6.45) is 3.93. The minimum Gasteiger partial charge on any atom is -0.462 e. The SMILES string of the molecule is CCOC(=O)c1cccnc1N1CCCC(c2nc(C)cs2)C1. The molecule has 3 heterocycles. The fourth-order valence-electron chi connectivity index (χ4n) is 2.95. The van der Waals surface area contributed by atoms with Crippen LogP contribution in [0.1, 0.15) is 46.7 Å².